The van der Waals surface area contributed by atoms with Crippen LogP contribution < -0.4 is 5.32 Å². The van der Waals surface area contributed by atoms with Gasteiger partial charge in [0.2, 0.25) is 0 Å². The van der Waals surface area contributed by atoms with Gasteiger partial charge in [0.05, 0.1) is 5.56 Å². The van der Waals surface area contributed by atoms with Crippen molar-refractivity contribution in [1.82, 2.24) is 0 Å². The molecule has 0 unspecified atom stereocenters. The van der Waals surface area contributed by atoms with E-state index < -0.39 is 17.6 Å². The molecule has 0 amide bonds. The zero-order valence-corrected chi connectivity index (χ0v) is 7.45. The first-order chi connectivity index (χ1) is 6.43. The van der Waals surface area contributed by atoms with E-state index in [2.05, 4.69) is 5.32 Å². The van der Waals surface area contributed by atoms with Gasteiger partial charge in [0, 0.05) is 12.2 Å². The molecule has 0 saturated carbocycles. The molecule has 0 aromatic heterocycles. The van der Waals surface area contributed by atoms with Crippen LogP contribution in [-0.2, 0) is 6.18 Å². The molecule has 14 heavy (non-hydrogen) atoms. The topological polar surface area (TPSA) is 12.0 Å². The molecule has 1 aromatic carbocycles. The Morgan fingerprint density at radius 2 is 1.86 bits per heavy atom. The molecule has 0 aliphatic rings. The third-order valence-electron chi connectivity index (χ3n) is 1.61. The molecule has 0 radical (unpaired) electrons. The highest BCUT2D eigenvalue weighted by atomic mass is 19.4. The van der Waals surface area contributed by atoms with E-state index in [4.69, 9.17) is 0 Å². The summed E-state index contributed by atoms with van der Waals surface area (Å²) >= 11 is 0. The average molecular weight is 207 g/mol. The van der Waals surface area contributed by atoms with E-state index in [1.807, 2.05) is 0 Å². The van der Waals surface area contributed by atoms with Crippen molar-refractivity contribution in [3.05, 3.63) is 29.6 Å². The van der Waals surface area contributed by atoms with Crippen LogP contribution in [0.2, 0.25) is 0 Å². The van der Waals surface area contributed by atoms with E-state index in [1.54, 1.807) is 6.92 Å². The molecular formula is C9H9F4N. The average Bonchev–Trinajstić information content (AvgIpc) is 2.02. The molecule has 0 spiro atoms. The smallest absolute Gasteiger partial charge is 0.385 e. The zero-order chi connectivity index (χ0) is 10.8. The molecule has 1 nitrogen and oxygen atoms in total. The first-order valence-corrected chi connectivity index (χ1v) is 4.05. The van der Waals surface area contributed by atoms with Crippen molar-refractivity contribution in [3.63, 3.8) is 0 Å². The van der Waals surface area contributed by atoms with Crippen LogP contribution in [0.25, 0.3) is 0 Å². The quantitative estimate of drug-likeness (QED) is 0.734. The maximum atomic E-state index is 12.7. The van der Waals surface area contributed by atoms with Gasteiger partial charge in [-0.15, -0.1) is 0 Å². The first kappa shape index (κ1) is 10.8. The highest BCUT2D eigenvalue weighted by Gasteiger charge is 2.31. The molecule has 0 saturated heterocycles. The standard InChI is InChI=1S/C9H9F4N/c1-2-14-8-4-6(9(11,12)13)3-7(10)5-8/h3-5,14H,2H2,1H3. The van der Waals surface area contributed by atoms with E-state index in [1.165, 1.54) is 0 Å². The summed E-state index contributed by atoms with van der Waals surface area (Å²) in [6.45, 7) is 2.17. The fraction of sp³-hybridized carbons (Fsp3) is 0.333. The Kier molecular flexibility index (Phi) is 2.98. The van der Waals surface area contributed by atoms with E-state index in [0.717, 1.165) is 12.1 Å². The van der Waals surface area contributed by atoms with Gasteiger partial charge >= 0.3 is 6.18 Å². The van der Waals surface area contributed by atoms with Crippen molar-refractivity contribution in [3.8, 4) is 0 Å². The molecule has 0 aliphatic carbocycles. The molecule has 0 bridgehead atoms. The Labute approximate surface area is 78.7 Å². The van der Waals surface area contributed by atoms with E-state index in [9.17, 15) is 17.6 Å². The number of alkyl halides is 3. The van der Waals surface area contributed by atoms with Crippen molar-refractivity contribution < 1.29 is 17.6 Å². The van der Waals surface area contributed by atoms with Crippen LogP contribution in [0.1, 0.15) is 12.5 Å². The number of nitrogens with one attached hydrogen (secondary N) is 1. The van der Waals surface area contributed by atoms with Gasteiger partial charge in [-0.2, -0.15) is 13.2 Å². The predicted molar refractivity (Wildman–Crippen MR) is 45.6 cm³/mol. The number of anilines is 1. The van der Waals surface area contributed by atoms with Crippen molar-refractivity contribution in [2.24, 2.45) is 0 Å². The van der Waals surface area contributed by atoms with Gasteiger partial charge in [0.15, 0.2) is 0 Å². The molecule has 0 fully saturated rings. The van der Waals surface area contributed by atoms with Gasteiger partial charge in [0.1, 0.15) is 5.82 Å². The second-order valence-electron chi connectivity index (χ2n) is 2.76. The molecule has 1 aromatic rings. The van der Waals surface area contributed by atoms with Crippen LogP contribution in [0.4, 0.5) is 23.2 Å². The van der Waals surface area contributed by atoms with Gasteiger partial charge in [-0.1, -0.05) is 0 Å². The molecular weight excluding hydrogens is 198 g/mol. The number of benzene rings is 1. The molecule has 1 N–H and O–H groups in total. The van der Waals surface area contributed by atoms with Crippen LogP contribution in [0.15, 0.2) is 18.2 Å². The first-order valence-electron chi connectivity index (χ1n) is 4.05. The monoisotopic (exact) mass is 207 g/mol. The highest BCUT2D eigenvalue weighted by Crippen LogP contribution is 2.31. The van der Waals surface area contributed by atoms with Crippen LogP contribution in [0.3, 0.4) is 0 Å². The second-order valence-corrected chi connectivity index (χ2v) is 2.76. The number of rotatable bonds is 2. The summed E-state index contributed by atoms with van der Waals surface area (Å²) in [4.78, 5) is 0. The van der Waals surface area contributed by atoms with Crippen molar-refractivity contribution in [1.29, 1.82) is 0 Å². The van der Waals surface area contributed by atoms with E-state index in [-0.39, 0.29) is 5.69 Å². The fourth-order valence-corrected chi connectivity index (χ4v) is 1.06. The minimum absolute atomic E-state index is 0.139. The molecule has 0 heterocycles. The number of hydrogen-bond donors (Lipinski definition) is 1. The van der Waals surface area contributed by atoms with E-state index in [0.29, 0.717) is 12.6 Å². The van der Waals surface area contributed by atoms with Crippen molar-refractivity contribution >= 4 is 5.69 Å². The highest BCUT2D eigenvalue weighted by molar-refractivity contribution is 5.46. The lowest BCUT2D eigenvalue weighted by atomic mass is 10.2. The van der Waals surface area contributed by atoms with Crippen molar-refractivity contribution in [2.75, 3.05) is 11.9 Å². The van der Waals surface area contributed by atoms with Crippen LogP contribution in [0, 0.1) is 5.82 Å². The molecule has 0 atom stereocenters. The van der Waals surface area contributed by atoms with Crippen LogP contribution in [-0.4, -0.2) is 6.54 Å². The Balaban J connectivity index is 3.07. The maximum absolute atomic E-state index is 12.7. The minimum Gasteiger partial charge on any atom is -0.385 e. The Morgan fingerprint density at radius 3 is 2.36 bits per heavy atom. The lowest BCUT2D eigenvalue weighted by Gasteiger charge is -2.09. The fourth-order valence-electron chi connectivity index (χ4n) is 1.06. The molecule has 0 aliphatic heterocycles. The summed E-state index contributed by atoms with van der Waals surface area (Å²) < 4.78 is 49.3. The summed E-state index contributed by atoms with van der Waals surface area (Å²) in [5, 5.41) is 2.62. The van der Waals surface area contributed by atoms with Gasteiger partial charge < -0.3 is 5.32 Å². The van der Waals surface area contributed by atoms with Gasteiger partial charge in [-0.3, -0.25) is 0 Å². The third-order valence-corrected chi connectivity index (χ3v) is 1.61. The lowest BCUT2D eigenvalue weighted by molar-refractivity contribution is -0.137. The normalized spacial score (nSPS) is 11.5. The summed E-state index contributed by atoms with van der Waals surface area (Å²) in [7, 11) is 0. The molecule has 78 valence electrons. The van der Waals surface area contributed by atoms with Crippen LogP contribution in [0.5, 0.6) is 0 Å². The summed E-state index contributed by atoms with van der Waals surface area (Å²) in [5.74, 6) is -0.893. The van der Waals surface area contributed by atoms with Crippen molar-refractivity contribution in [2.45, 2.75) is 13.1 Å². The van der Waals surface area contributed by atoms with Gasteiger partial charge in [0.25, 0.3) is 0 Å². The predicted octanol–water partition coefficient (Wildman–Crippen LogP) is 3.28. The largest absolute Gasteiger partial charge is 0.416 e. The number of halogens is 4. The Morgan fingerprint density at radius 1 is 1.21 bits per heavy atom. The van der Waals surface area contributed by atoms with Gasteiger partial charge in [-0.05, 0) is 25.1 Å². The molecule has 5 heteroatoms. The second kappa shape index (κ2) is 3.86. The Hall–Kier alpha value is -1.26. The molecule has 1 rings (SSSR count). The minimum atomic E-state index is -4.51. The Bertz CT molecular complexity index is 319. The SMILES string of the molecule is CCNc1cc(F)cc(C(F)(F)F)c1. The summed E-state index contributed by atoms with van der Waals surface area (Å²) in [6.07, 6.45) is -4.51. The third kappa shape index (κ3) is 2.61. The number of hydrogen-bond acceptors (Lipinski definition) is 1. The zero-order valence-electron chi connectivity index (χ0n) is 7.45. The summed E-state index contributed by atoms with van der Waals surface area (Å²) in [5.41, 5.74) is -0.840. The lowest BCUT2D eigenvalue weighted by Crippen LogP contribution is -2.07. The van der Waals surface area contributed by atoms with E-state index >= 15 is 0 Å². The maximum Gasteiger partial charge on any atom is 0.416 e. The van der Waals surface area contributed by atoms with Crippen LogP contribution >= 0.6 is 0 Å². The summed E-state index contributed by atoms with van der Waals surface area (Å²) in [6, 6.07) is 2.38. The van der Waals surface area contributed by atoms with Gasteiger partial charge in [-0.25, -0.2) is 4.39 Å².